The maximum atomic E-state index is 13.3. The number of esters is 1. The summed E-state index contributed by atoms with van der Waals surface area (Å²) in [5, 5.41) is 15.2. The van der Waals surface area contributed by atoms with Crippen LogP contribution in [-0.2, 0) is 35.5 Å². The van der Waals surface area contributed by atoms with Gasteiger partial charge in [-0.1, -0.05) is 25.1 Å². The van der Waals surface area contributed by atoms with Crippen molar-refractivity contribution < 1.29 is 23.9 Å². The number of hydrogen-bond acceptors (Lipinski definition) is 9. The number of thiophene rings is 1. The van der Waals surface area contributed by atoms with Gasteiger partial charge < -0.3 is 24.7 Å². The number of unbranched alkanes of at least 4 members (excludes halogenated alkanes) is 1. The summed E-state index contributed by atoms with van der Waals surface area (Å²) in [5.74, 6) is 0.458. The molecule has 3 aromatic rings. The molecule has 0 bridgehead atoms. The van der Waals surface area contributed by atoms with E-state index < -0.39 is 5.25 Å². The van der Waals surface area contributed by atoms with Crippen molar-refractivity contribution in [3.63, 3.8) is 0 Å². The Bertz CT molecular complexity index is 1370. The topological polar surface area (TPSA) is 124 Å². The predicted molar refractivity (Wildman–Crippen MR) is 160 cm³/mol. The van der Waals surface area contributed by atoms with Crippen molar-refractivity contribution in [3.05, 3.63) is 51.7 Å². The molecule has 1 aliphatic rings. The molecule has 0 aliphatic heterocycles. The lowest BCUT2D eigenvalue weighted by molar-refractivity contribution is -0.115. The summed E-state index contributed by atoms with van der Waals surface area (Å²) < 4.78 is 12.4. The van der Waals surface area contributed by atoms with E-state index >= 15 is 0 Å². The van der Waals surface area contributed by atoms with Gasteiger partial charge in [0, 0.05) is 17.0 Å². The maximum absolute atomic E-state index is 13.3. The van der Waals surface area contributed by atoms with Crippen LogP contribution >= 0.6 is 23.1 Å². The quantitative estimate of drug-likeness (QED) is 0.202. The normalized spacial score (nSPS) is 13.3. The van der Waals surface area contributed by atoms with E-state index in [0.29, 0.717) is 39.4 Å². The summed E-state index contributed by atoms with van der Waals surface area (Å²) in [6.07, 6.45) is 5.69. The number of methoxy groups -OCH3 is 1. The SMILES string of the molecule is CCCCn1c(CNC(=O)c2ccc(OC)cc2)nnc1S[C@@H](C)C(=O)Nc1sc2c(c1C(=O)OCC)CCCC2. The molecule has 2 amide bonds. The number of nitrogens with one attached hydrogen (secondary N) is 2. The Kier molecular flexibility index (Phi) is 10.8. The van der Waals surface area contributed by atoms with Crippen LogP contribution in [0.1, 0.15) is 83.4 Å². The summed E-state index contributed by atoms with van der Waals surface area (Å²) in [7, 11) is 1.58. The number of ether oxygens (including phenoxy) is 2. The van der Waals surface area contributed by atoms with Gasteiger partial charge in [-0.2, -0.15) is 0 Å². The first-order chi connectivity index (χ1) is 19.9. The highest BCUT2D eigenvalue weighted by molar-refractivity contribution is 8.00. The van der Waals surface area contributed by atoms with Crippen LogP contribution in [-0.4, -0.2) is 51.5 Å². The second kappa shape index (κ2) is 14.5. The maximum Gasteiger partial charge on any atom is 0.341 e. The first kappa shape index (κ1) is 30.6. The van der Waals surface area contributed by atoms with Gasteiger partial charge >= 0.3 is 5.97 Å². The number of rotatable bonds is 13. The highest BCUT2D eigenvalue weighted by Gasteiger charge is 2.29. The zero-order valence-electron chi connectivity index (χ0n) is 24.0. The third-order valence-electron chi connectivity index (χ3n) is 6.83. The molecule has 0 radical (unpaired) electrons. The Balaban J connectivity index is 1.45. The van der Waals surface area contributed by atoms with Crippen molar-refractivity contribution in [2.24, 2.45) is 0 Å². The molecule has 0 saturated carbocycles. The fourth-order valence-electron chi connectivity index (χ4n) is 4.58. The molecule has 12 heteroatoms. The molecule has 1 aliphatic carbocycles. The molecule has 0 saturated heterocycles. The second-order valence-electron chi connectivity index (χ2n) is 9.70. The van der Waals surface area contributed by atoms with Crippen LogP contribution in [0.4, 0.5) is 5.00 Å². The summed E-state index contributed by atoms with van der Waals surface area (Å²) in [6, 6.07) is 6.88. The van der Waals surface area contributed by atoms with E-state index in [1.54, 1.807) is 38.3 Å². The molecule has 2 N–H and O–H groups in total. The number of aryl methyl sites for hydroxylation is 1. The molecular weight excluding hydrogens is 562 g/mol. The van der Waals surface area contributed by atoms with Gasteiger partial charge in [-0.25, -0.2) is 4.79 Å². The van der Waals surface area contributed by atoms with Crippen LogP contribution in [0, 0.1) is 0 Å². The van der Waals surface area contributed by atoms with Gasteiger partial charge in [-0.15, -0.1) is 21.5 Å². The smallest absolute Gasteiger partial charge is 0.341 e. The van der Waals surface area contributed by atoms with E-state index in [1.807, 2.05) is 11.5 Å². The van der Waals surface area contributed by atoms with Gasteiger partial charge in [0.05, 0.1) is 31.1 Å². The minimum absolute atomic E-state index is 0.201. The van der Waals surface area contributed by atoms with Gasteiger partial charge in [0.25, 0.3) is 5.91 Å². The number of fused-ring (bicyclic) bond motifs is 1. The van der Waals surface area contributed by atoms with Gasteiger partial charge in [-0.3, -0.25) is 9.59 Å². The predicted octanol–water partition coefficient (Wildman–Crippen LogP) is 5.25. The van der Waals surface area contributed by atoms with Gasteiger partial charge in [0.15, 0.2) is 11.0 Å². The Morgan fingerprint density at radius 3 is 2.59 bits per heavy atom. The van der Waals surface area contributed by atoms with Crippen molar-refractivity contribution in [2.45, 2.75) is 82.8 Å². The number of aromatic nitrogens is 3. The number of carbonyl (C=O) groups is 3. The van der Waals surface area contributed by atoms with Gasteiger partial charge in [0.1, 0.15) is 10.8 Å². The summed E-state index contributed by atoms with van der Waals surface area (Å²) >= 11 is 2.78. The van der Waals surface area contributed by atoms with E-state index in [4.69, 9.17) is 9.47 Å². The van der Waals surface area contributed by atoms with Gasteiger partial charge in [-0.05, 0) is 75.8 Å². The molecule has 2 aromatic heterocycles. The summed E-state index contributed by atoms with van der Waals surface area (Å²) in [4.78, 5) is 39.9. The molecule has 0 spiro atoms. The summed E-state index contributed by atoms with van der Waals surface area (Å²) in [5.41, 5.74) is 2.02. The molecule has 0 unspecified atom stereocenters. The Morgan fingerprint density at radius 1 is 1.12 bits per heavy atom. The highest BCUT2D eigenvalue weighted by atomic mass is 32.2. The minimum Gasteiger partial charge on any atom is -0.497 e. The largest absolute Gasteiger partial charge is 0.497 e. The number of amides is 2. The molecule has 0 fully saturated rings. The molecule has 4 rings (SSSR count). The van der Waals surface area contributed by atoms with Crippen molar-refractivity contribution in [1.29, 1.82) is 0 Å². The van der Waals surface area contributed by atoms with Gasteiger partial charge in [0.2, 0.25) is 5.91 Å². The van der Waals surface area contributed by atoms with Crippen molar-refractivity contribution in [1.82, 2.24) is 20.1 Å². The van der Waals surface area contributed by atoms with Crippen molar-refractivity contribution in [2.75, 3.05) is 19.0 Å². The lowest BCUT2D eigenvalue weighted by Gasteiger charge is -2.14. The average molecular weight is 600 g/mol. The molecule has 1 aromatic carbocycles. The molecule has 10 nitrogen and oxygen atoms in total. The van der Waals surface area contributed by atoms with Crippen molar-refractivity contribution >= 4 is 45.9 Å². The fourth-order valence-corrected chi connectivity index (χ4v) is 6.75. The first-order valence-electron chi connectivity index (χ1n) is 14.0. The van der Waals surface area contributed by atoms with Crippen LogP contribution in [0.5, 0.6) is 5.75 Å². The molecule has 41 heavy (non-hydrogen) atoms. The lowest BCUT2D eigenvalue weighted by atomic mass is 9.95. The van der Waals surface area contributed by atoms with Crippen LogP contribution < -0.4 is 15.4 Å². The summed E-state index contributed by atoms with van der Waals surface area (Å²) in [6.45, 7) is 6.83. The first-order valence-corrected chi connectivity index (χ1v) is 15.7. The Hall–Kier alpha value is -3.38. The van der Waals surface area contributed by atoms with Crippen molar-refractivity contribution in [3.8, 4) is 5.75 Å². The van der Waals surface area contributed by atoms with Crippen LogP contribution in [0.25, 0.3) is 0 Å². The Morgan fingerprint density at radius 2 is 1.88 bits per heavy atom. The van der Waals surface area contributed by atoms with E-state index in [1.165, 1.54) is 23.1 Å². The zero-order chi connectivity index (χ0) is 29.4. The number of carbonyl (C=O) groups excluding carboxylic acids is 3. The molecule has 1 atom stereocenters. The van der Waals surface area contributed by atoms with Crippen LogP contribution in [0.15, 0.2) is 29.4 Å². The minimum atomic E-state index is -0.504. The molecular formula is C29H37N5O5S2. The molecule has 220 valence electrons. The fraction of sp³-hybridized carbons (Fsp3) is 0.483. The average Bonchev–Trinajstić information content (AvgIpc) is 3.54. The second-order valence-corrected chi connectivity index (χ2v) is 12.1. The van der Waals surface area contributed by atoms with Crippen LogP contribution in [0.3, 0.4) is 0 Å². The third kappa shape index (κ3) is 7.48. The Labute approximate surface area is 248 Å². The van der Waals surface area contributed by atoms with E-state index in [-0.39, 0.29) is 30.9 Å². The monoisotopic (exact) mass is 599 g/mol. The lowest BCUT2D eigenvalue weighted by Crippen LogP contribution is -2.25. The van der Waals surface area contributed by atoms with E-state index in [2.05, 4.69) is 27.8 Å². The van der Waals surface area contributed by atoms with Crippen LogP contribution in [0.2, 0.25) is 0 Å². The third-order valence-corrected chi connectivity index (χ3v) is 9.11. The highest BCUT2D eigenvalue weighted by Crippen LogP contribution is 2.39. The molecule has 2 heterocycles. The van der Waals surface area contributed by atoms with E-state index in [0.717, 1.165) is 49.0 Å². The van der Waals surface area contributed by atoms with E-state index in [9.17, 15) is 14.4 Å². The standard InChI is InChI=1S/C29H37N5O5S2/c1-5-7-16-34-23(17-30-26(36)19-12-14-20(38-4)15-13-19)32-33-29(34)40-18(3)25(35)31-27-24(28(37)39-6-2)21-10-8-9-11-22(21)41-27/h12-15,18H,5-11,16-17H2,1-4H3,(H,30,36)(H,31,35)/t18-/m0/s1. The number of nitrogens with zero attached hydrogens (tertiary/aromatic N) is 3. The zero-order valence-corrected chi connectivity index (χ0v) is 25.6. The number of hydrogen-bond donors (Lipinski definition) is 2. The number of anilines is 1. The number of benzene rings is 1. The number of thioether (sulfide) groups is 1.